The highest BCUT2D eigenvalue weighted by Gasteiger charge is 2.30. The van der Waals surface area contributed by atoms with Crippen LogP contribution in [0.3, 0.4) is 0 Å². The lowest BCUT2D eigenvalue weighted by molar-refractivity contribution is 0.394. The molecular weight excluding hydrogens is 210 g/mol. The number of aromatic nitrogens is 2. The van der Waals surface area contributed by atoms with Crippen LogP contribution in [-0.4, -0.2) is 15.6 Å². The second kappa shape index (κ2) is 4.04. The topological polar surface area (TPSA) is 29.9 Å². The number of anilines is 1. The van der Waals surface area contributed by atoms with Gasteiger partial charge in [-0.15, -0.1) is 0 Å². The van der Waals surface area contributed by atoms with Crippen molar-refractivity contribution >= 4 is 5.95 Å². The Bertz CT molecular complexity index is 421. The van der Waals surface area contributed by atoms with Gasteiger partial charge in [0.2, 0.25) is 5.95 Å². The molecule has 0 spiro atoms. The predicted octanol–water partition coefficient (Wildman–Crippen LogP) is 3.16. The average molecular weight is 233 g/mol. The van der Waals surface area contributed by atoms with Gasteiger partial charge in [-0.2, -0.15) is 0 Å². The van der Waals surface area contributed by atoms with Crippen molar-refractivity contribution in [1.29, 1.82) is 0 Å². The quantitative estimate of drug-likeness (QED) is 0.807. The Morgan fingerprint density at radius 1 is 1.41 bits per heavy atom. The van der Waals surface area contributed by atoms with Crippen LogP contribution < -0.4 is 5.32 Å². The van der Waals surface area contributed by atoms with Gasteiger partial charge in [0, 0.05) is 17.8 Å². The summed E-state index contributed by atoms with van der Waals surface area (Å²) in [5.74, 6) is 1.99. The van der Waals surface area contributed by atoms with Crippen LogP contribution in [-0.2, 0) is 12.8 Å². The molecule has 17 heavy (non-hydrogen) atoms. The van der Waals surface area contributed by atoms with Crippen molar-refractivity contribution in [1.82, 2.24) is 9.55 Å². The lowest BCUT2D eigenvalue weighted by atomic mass is 9.87. The molecule has 3 rings (SSSR count). The Morgan fingerprint density at radius 2 is 2.24 bits per heavy atom. The number of aryl methyl sites for hydroxylation is 1. The molecule has 2 aliphatic rings. The number of rotatable bonds is 1. The van der Waals surface area contributed by atoms with Gasteiger partial charge in [-0.3, -0.25) is 0 Å². The molecule has 3 heteroatoms. The molecule has 3 atom stereocenters. The second-order valence-corrected chi connectivity index (χ2v) is 5.85. The minimum absolute atomic E-state index is 0.559. The molecule has 0 bridgehead atoms. The van der Waals surface area contributed by atoms with Gasteiger partial charge in [0.25, 0.3) is 0 Å². The fraction of sp³-hybridized carbons (Fsp3) is 0.786. The molecule has 2 heterocycles. The molecule has 3 nitrogen and oxygen atoms in total. The van der Waals surface area contributed by atoms with Crippen LogP contribution in [0.25, 0.3) is 0 Å². The van der Waals surface area contributed by atoms with Crippen molar-refractivity contribution < 1.29 is 0 Å². The zero-order valence-electron chi connectivity index (χ0n) is 11.2. The zero-order valence-corrected chi connectivity index (χ0v) is 11.2. The molecule has 1 aromatic rings. The smallest absolute Gasteiger partial charge is 0.203 e. The van der Waals surface area contributed by atoms with E-state index in [2.05, 4.69) is 30.7 Å². The summed E-state index contributed by atoms with van der Waals surface area (Å²) in [6.45, 7) is 6.90. The van der Waals surface area contributed by atoms with Gasteiger partial charge >= 0.3 is 0 Å². The number of hydrogen-bond acceptors (Lipinski definition) is 2. The number of nitrogens with one attached hydrogen (secondary N) is 1. The molecule has 0 amide bonds. The van der Waals surface area contributed by atoms with Crippen molar-refractivity contribution in [3.8, 4) is 0 Å². The fourth-order valence-corrected chi connectivity index (χ4v) is 3.47. The number of hydrogen-bond donors (Lipinski definition) is 1. The lowest BCUT2D eigenvalue weighted by Gasteiger charge is -2.31. The first kappa shape index (κ1) is 11.1. The summed E-state index contributed by atoms with van der Waals surface area (Å²) in [5.41, 5.74) is 2.88. The molecule has 94 valence electrons. The van der Waals surface area contributed by atoms with Crippen LogP contribution in [0.2, 0.25) is 0 Å². The highest BCUT2D eigenvalue weighted by molar-refractivity contribution is 5.39. The fourth-order valence-electron chi connectivity index (χ4n) is 3.47. The first-order valence-corrected chi connectivity index (χ1v) is 7.05. The zero-order chi connectivity index (χ0) is 12.0. The van der Waals surface area contributed by atoms with Crippen LogP contribution in [0.5, 0.6) is 0 Å². The van der Waals surface area contributed by atoms with E-state index in [4.69, 9.17) is 4.98 Å². The van der Waals surface area contributed by atoms with Crippen LogP contribution in [0.1, 0.15) is 57.5 Å². The van der Waals surface area contributed by atoms with E-state index in [0.717, 1.165) is 11.9 Å². The van der Waals surface area contributed by atoms with Gasteiger partial charge in [0.15, 0.2) is 0 Å². The van der Waals surface area contributed by atoms with E-state index in [9.17, 15) is 0 Å². The third kappa shape index (κ3) is 1.76. The Balaban J connectivity index is 2.00. The van der Waals surface area contributed by atoms with Crippen LogP contribution in [0.15, 0.2) is 0 Å². The largest absolute Gasteiger partial charge is 0.353 e. The normalized spacial score (nSPS) is 31.6. The molecule has 0 saturated carbocycles. The summed E-state index contributed by atoms with van der Waals surface area (Å²) in [5, 5.41) is 3.53. The summed E-state index contributed by atoms with van der Waals surface area (Å²) in [7, 11) is 0. The molecular formula is C14H23N3. The van der Waals surface area contributed by atoms with Gasteiger partial charge < -0.3 is 9.88 Å². The minimum Gasteiger partial charge on any atom is -0.353 e. The lowest BCUT2D eigenvalue weighted by Crippen LogP contribution is -2.30. The molecule has 1 aliphatic carbocycles. The summed E-state index contributed by atoms with van der Waals surface area (Å²) < 4.78 is 2.47. The van der Waals surface area contributed by atoms with Gasteiger partial charge in [-0.1, -0.05) is 13.3 Å². The Morgan fingerprint density at radius 3 is 3.00 bits per heavy atom. The molecule has 3 unspecified atom stereocenters. The van der Waals surface area contributed by atoms with Crippen LogP contribution in [0.4, 0.5) is 5.95 Å². The third-order valence-electron chi connectivity index (χ3n) is 4.45. The highest BCUT2D eigenvalue weighted by Crippen LogP contribution is 2.35. The Hall–Kier alpha value is -0.990. The molecule has 1 N–H and O–H groups in total. The van der Waals surface area contributed by atoms with Crippen LogP contribution >= 0.6 is 0 Å². The maximum Gasteiger partial charge on any atom is 0.203 e. The molecule has 1 aliphatic heterocycles. The minimum atomic E-state index is 0.559. The third-order valence-corrected chi connectivity index (χ3v) is 4.45. The van der Waals surface area contributed by atoms with Crippen molar-refractivity contribution in [3.63, 3.8) is 0 Å². The molecule has 0 aromatic carbocycles. The number of imidazole rings is 1. The van der Waals surface area contributed by atoms with Gasteiger partial charge in [-0.05, 0) is 45.4 Å². The van der Waals surface area contributed by atoms with E-state index < -0.39 is 0 Å². The summed E-state index contributed by atoms with van der Waals surface area (Å²) >= 11 is 0. The number of fused-ring (bicyclic) bond motifs is 3. The molecule has 0 fully saturated rings. The van der Waals surface area contributed by atoms with E-state index in [-0.39, 0.29) is 0 Å². The van der Waals surface area contributed by atoms with Crippen molar-refractivity contribution in [2.24, 2.45) is 5.92 Å². The molecule has 0 saturated heterocycles. The van der Waals surface area contributed by atoms with Crippen molar-refractivity contribution in [2.45, 2.75) is 65.0 Å². The van der Waals surface area contributed by atoms with E-state index in [1.54, 1.807) is 0 Å². The Kier molecular flexibility index (Phi) is 2.64. The van der Waals surface area contributed by atoms with E-state index in [1.165, 1.54) is 43.5 Å². The SMILES string of the molecule is CCC1CCc2nc3n(c2C1)C(C)CC(C)N3. The first-order valence-electron chi connectivity index (χ1n) is 7.05. The molecule has 1 aromatic heterocycles. The van der Waals surface area contributed by atoms with E-state index in [0.29, 0.717) is 12.1 Å². The van der Waals surface area contributed by atoms with E-state index in [1.807, 2.05) is 0 Å². The second-order valence-electron chi connectivity index (χ2n) is 5.85. The van der Waals surface area contributed by atoms with E-state index >= 15 is 0 Å². The first-order chi connectivity index (χ1) is 8.19. The highest BCUT2D eigenvalue weighted by atomic mass is 15.3. The van der Waals surface area contributed by atoms with Crippen LogP contribution in [0, 0.1) is 5.92 Å². The van der Waals surface area contributed by atoms with Gasteiger partial charge in [0.05, 0.1) is 5.69 Å². The monoisotopic (exact) mass is 233 g/mol. The predicted molar refractivity (Wildman–Crippen MR) is 70.4 cm³/mol. The summed E-state index contributed by atoms with van der Waals surface area (Å²) in [4.78, 5) is 4.81. The summed E-state index contributed by atoms with van der Waals surface area (Å²) in [6, 6.07) is 1.16. The van der Waals surface area contributed by atoms with Crippen molar-refractivity contribution in [3.05, 3.63) is 11.4 Å². The maximum absolute atomic E-state index is 4.81. The van der Waals surface area contributed by atoms with Crippen molar-refractivity contribution in [2.75, 3.05) is 5.32 Å². The Labute approximate surface area is 104 Å². The summed E-state index contributed by atoms with van der Waals surface area (Å²) in [6.07, 6.45) is 6.25. The number of nitrogens with zero attached hydrogens (tertiary/aromatic N) is 2. The average Bonchev–Trinajstić information content (AvgIpc) is 2.65. The maximum atomic E-state index is 4.81. The van der Waals surface area contributed by atoms with Gasteiger partial charge in [-0.25, -0.2) is 4.98 Å². The standard InChI is InChI=1S/C14H23N3/c1-4-11-5-6-12-13(8-11)17-10(3)7-9(2)15-14(17)16-12/h9-11H,4-8H2,1-3H3,(H,15,16). The van der Waals surface area contributed by atoms with Gasteiger partial charge in [0.1, 0.15) is 0 Å². The molecule has 0 radical (unpaired) electrons.